The molecule has 0 N–H and O–H groups in total. The number of anilines is 1. The quantitative estimate of drug-likeness (QED) is 0.613. The second-order valence-electron chi connectivity index (χ2n) is 7.40. The highest BCUT2D eigenvalue weighted by Gasteiger charge is 2.22. The fourth-order valence-corrected chi connectivity index (χ4v) is 3.62. The molecule has 1 aliphatic rings. The van der Waals surface area contributed by atoms with Gasteiger partial charge >= 0.3 is 0 Å². The third-order valence-corrected chi connectivity index (χ3v) is 5.51. The van der Waals surface area contributed by atoms with E-state index in [1.165, 1.54) is 0 Å². The fourth-order valence-electron chi connectivity index (χ4n) is 3.62. The second kappa shape index (κ2) is 9.47. The van der Waals surface area contributed by atoms with Crippen LogP contribution in [0.15, 0.2) is 60.7 Å². The lowest BCUT2D eigenvalue weighted by Gasteiger charge is -2.35. The van der Waals surface area contributed by atoms with E-state index >= 15 is 0 Å². The van der Waals surface area contributed by atoms with Gasteiger partial charge in [0.1, 0.15) is 11.5 Å². The minimum absolute atomic E-state index is 0.144. The van der Waals surface area contributed by atoms with Gasteiger partial charge in [-0.2, -0.15) is 0 Å². The van der Waals surface area contributed by atoms with Crippen LogP contribution in [0.3, 0.4) is 0 Å². The Bertz CT molecular complexity index is 997. The number of carbonyl (C=O) groups is 1. The number of ether oxygens (including phenoxy) is 2. The Morgan fingerprint density at radius 1 is 0.806 bits per heavy atom. The summed E-state index contributed by atoms with van der Waals surface area (Å²) in [6.07, 6.45) is 0.403. The minimum atomic E-state index is 0.144. The van der Waals surface area contributed by atoms with Crippen LogP contribution in [-0.4, -0.2) is 61.4 Å². The number of carbonyl (C=O) groups excluding carboxylic acids is 1. The Hall–Kier alpha value is -3.61. The molecular formula is C24H26N4O3. The highest BCUT2D eigenvalue weighted by molar-refractivity contribution is 5.79. The van der Waals surface area contributed by atoms with Crippen molar-refractivity contribution in [3.8, 4) is 22.8 Å². The SMILES string of the molecule is COc1ccc(CC(=O)N2CCN(c3ccc(-c4ccc(OC)cc4)nn3)CC2)cc1. The van der Waals surface area contributed by atoms with Gasteiger partial charge in [-0.1, -0.05) is 12.1 Å². The monoisotopic (exact) mass is 418 g/mol. The maximum Gasteiger partial charge on any atom is 0.227 e. The number of rotatable bonds is 6. The number of aromatic nitrogens is 2. The van der Waals surface area contributed by atoms with Crippen molar-refractivity contribution < 1.29 is 14.3 Å². The molecule has 160 valence electrons. The third kappa shape index (κ3) is 4.94. The number of hydrogen-bond acceptors (Lipinski definition) is 6. The summed E-state index contributed by atoms with van der Waals surface area (Å²) in [6, 6.07) is 19.4. The lowest BCUT2D eigenvalue weighted by Crippen LogP contribution is -2.49. The molecule has 0 unspecified atom stereocenters. The molecular weight excluding hydrogens is 392 g/mol. The molecule has 0 spiro atoms. The highest BCUT2D eigenvalue weighted by atomic mass is 16.5. The normalized spacial score (nSPS) is 13.7. The molecule has 0 aliphatic carbocycles. The maximum absolute atomic E-state index is 12.7. The van der Waals surface area contributed by atoms with Crippen LogP contribution in [0.25, 0.3) is 11.3 Å². The molecule has 2 heterocycles. The molecule has 1 saturated heterocycles. The van der Waals surface area contributed by atoms with Gasteiger partial charge in [-0.25, -0.2) is 0 Å². The number of amides is 1. The van der Waals surface area contributed by atoms with Gasteiger partial charge in [-0.15, -0.1) is 10.2 Å². The summed E-state index contributed by atoms with van der Waals surface area (Å²) in [5.74, 6) is 2.59. The molecule has 0 saturated carbocycles. The smallest absolute Gasteiger partial charge is 0.227 e. The van der Waals surface area contributed by atoms with Gasteiger partial charge in [-0.3, -0.25) is 4.79 Å². The van der Waals surface area contributed by atoms with Crippen LogP contribution in [0.1, 0.15) is 5.56 Å². The molecule has 0 radical (unpaired) electrons. The van der Waals surface area contributed by atoms with E-state index in [2.05, 4.69) is 15.1 Å². The summed E-state index contributed by atoms with van der Waals surface area (Å²) >= 11 is 0. The van der Waals surface area contributed by atoms with E-state index in [4.69, 9.17) is 9.47 Å². The van der Waals surface area contributed by atoms with E-state index in [1.807, 2.05) is 65.6 Å². The van der Waals surface area contributed by atoms with Crippen molar-refractivity contribution in [2.24, 2.45) is 0 Å². The van der Waals surface area contributed by atoms with Gasteiger partial charge in [-0.05, 0) is 54.1 Å². The Labute approximate surface area is 182 Å². The summed E-state index contributed by atoms with van der Waals surface area (Å²) in [4.78, 5) is 16.7. The largest absolute Gasteiger partial charge is 0.497 e. The summed E-state index contributed by atoms with van der Waals surface area (Å²) in [5.41, 5.74) is 2.81. The van der Waals surface area contributed by atoms with E-state index in [0.717, 1.165) is 47.2 Å². The van der Waals surface area contributed by atoms with Crippen molar-refractivity contribution >= 4 is 11.7 Å². The first kappa shape index (κ1) is 20.7. The van der Waals surface area contributed by atoms with Crippen LogP contribution in [-0.2, 0) is 11.2 Å². The van der Waals surface area contributed by atoms with E-state index in [1.54, 1.807) is 14.2 Å². The first-order chi connectivity index (χ1) is 15.2. The standard InChI is InChI=1S/C24H26N4O3/c1-30-20-7-3-18(4-8-20)17-24(29)28-15-13-27(14-16-28)23-12-11-22(25-26-23)19-5-9-21(31-2)10-6-19/h3-12H,13-17H2,1-2H3. The van der Waals surface area contributed by atoms with Crippen molar-refractivity contribution in [3.05, 3.63) is 66.2 Å². The predicted molar refractivity (Wildman–Crippen MR) is 120 cm³/mol. The number of methoxy groups -OCH3 is 2. The van der Waals surface area contributed by atoms with Crippen molar-refractivity contribution in [2.75, 3.05) is 45.3 Å². The molecule has 7 heteroatoms. The topological polar surface area (TPSA) is 67.8 Å². The zero-order valence-corrected chi connectivity index (χ0v) is 17.8. The van der Waals surface area contributed by atoms with Crippen molar-refractivity contribution in [1.82, 2.24) is 15.1 Å². The van der Waals surface area contributed by atoms with Gasteiger partial charge in [0.25, 0.3) is 0 Å². The molecule has 1 aromatic heterocycles. The molecule has 3 aromatic rings. The molecule has 2 aromatic carbocycles. The van der Waals surface area contributed by atoms with Crippen LogP contribution in [0.2, 0.25) is 0 Å². The zero-order chi connectivity index (χ0) is 21.6. The molecule has 4 rings (SSSR count). The summed E-state index contributed by atoms with van der Waals surface area (Å²) in [7, 11) is 3.28. The molecule has 1 aliphatic heterocycles. The van der Waals surface area contributed by atoms with E-state index in [9.17, 15) is 4.79 Å². The van der Waals surface area contributed by atoms with Crippen molar-refractivity contribution in [3.63, 3.8) is 0 Å². The Morgan fingerprint density at radius 3 is 1.97 bits per heavy atom. The van der Waals surface area contributed by atoms with E-state index in [-0.39, 0.29) is 5.91 Å². The summed E-state index contributed by atoms with van der Waals surface area (Å²) in [6.45, 7) is 2.84. The number of nitrogens with zero attached hydrogens (tertiary/aromatic N) is 4. The van der Waals surface area contributed by atoms with Gasteiger partial charge < -0.3 is 19.3 Å². The second-order valence-corrected chi connectivity index (χ2v) is 7.40. The Morgan fingerprint density at radius 2 is 1.42 bits per heavy atom. The van der Waals surface area contributed by atoms with E-state index < -0.39 is 0 Å². The third-order valence-electron chi connectivity index (χ3n) is 5.51. The van der Waals surface area contributed by atoms with Crippen LogP contribution in [0.4, 0.5) is 5.82 Å². The lowest BCUT2D eigenvalue weighted by molar-refractivity contribution is -0.130. The predicted octanol–water partition coefficient (Wildman–Crippen LogP) is 3.05. The number of piperazine rings is 1. The summed E-state index contributed by atoms with van der Waals surface area (Å²) in [5, 5.41) is 8.79. The van der Waals surface area contributed by atoms with E-state index in [0.29, 0.717) is 19.5 Å². The molecule has 1 amide bonds. The van der Waals surface area contributed by atoms with Crippen LogP contribution in [0.5, 0.6) is 11.5 Å². The van der Waals surface area contributed by atoms with Crippen LogP contribution in [0, 0.1) is 0 Å². The maximum atomic E-state index is 12.7. The number of benzene rings is 2. The molecule has 0 bridgehead atoms. The molecule has 1 fully saturated rings. The van der Waals surface area contributed by atoms with Gasteiger partial charge in [0, 0.05) is 31.7 Å². The van der Waals surface area contributed by atoms with Crippen molar-refractivity contribution in [2.45, 2.75) is 6.42 Å². The zero-order valence-electron chi connectivity index (χ0n) is 17.8. The highest BCUT2D eigenvalue weighted by Crippen LogP contribution is 2.22. The average molecular weight is 418 g/mol. The first-order valence-corrected chi connectivity index (χ1v) is 10.3. The van der Waals surface area contributed by atoms with Crippen molar-refractivity contribution in [1.29, 1.82) is 0 Å². The van der Waals surface area contributed by atoms with Crippen LogP contribution >= 0.6 is 0 Å². The van der Waals surface area contributed by atoms with Gasteiger partial charge in [0.2, 0.25) is 5.91 Å². The fraction of sp³-hybridized carbons (Fsp3) is 0.292. The lowest BCUT2D eigenvalue weighted by atomic mass is 10.1. The van der Waals surface area contributed by atoms with Crippen LogP contribution < -0.4 is 14.4 Å². The minimum Gasteiger partial charge on any atom is -0.497 e. The summed E-state index contributed by atoms with van der Waals surface area (Å²) < 4.78 is 10.4. The van der Waals surface area contributed by atoms with Gasteiger partial charge in [0.05, 0.1) is 26.3 Å². The molecule has 7 nitrogen and oxygen atoms in total. The first-order valence-electron chi connectivity index (χ1n) is 10.3. The average Bonchev–Trinajstić information content (AvgIpc) is 2.85. The molecule has 31 heavy (non-hydrogen) atoms. The Kier molecular flexibility index (Phi) is 6.31. The van der Waals surface area contributed by atoms with Gasteiger partial charge in [0.15, 0.2) is 5.82 Å². The molecule has 0 atom stereocenters. The Balaban J connectivity index is 1.32. The number of hydrogen-bond donors (Lipinski definition) is 0.